The molecule has 0 bridgehead atoms. The van der Waals surface area contributed by atoms with E-state index >= 15 is 0 Å². The van der Waals surface area contributed by atoms with Crippen LogP contribution in [0.15, 0.2) is 46.9 Å². The lowest BCUT2D eigenvalue weighted by atomic mass is 9.99. The van der Waals surface area contributed by atoms with Gasteiger partial charge in [-0.15, -0.1) is 0 Å². The van der Waals surface area contributed by atoms with Gasteiger partial charge in [0.1, 0.15) is 5.75 Å². The van der Waals surface area contributed by atoms with E-state index in [0.29, 0.717) is 36.1 Å². The summed E-state index contributed by atoms with van der Waals surface area (Å²) in [6, 6.07) is 13.0. The highest BCUT2D eigenvalue weighted by Crippen LogP contribution is 2.39. The Morgan fingerprint density at radius 2 is 1.88 bits per heavy atom. The monoisotopic (exact) mass is 390 g/mol. The third-order valence-corrected chi connectivity index (χ3v) is 4.59. The molecule has 1 amide bonds. The van der Waals surface area contributed by atoms with Crippen molar-refractivity contribution in [3.05, 3.63) is 46.9 Å². The lowest BCUT2D eigenvalue weighted by Gasteiger charge is -2.22. The second-order valence-electron chi connectivity index (χ2n) is 5.63. The Balaban J connectivity index is 1.79. The third kappa shape index (κ3) is 3.88. The summed E-state index contributed by atoms with van der Waals surface area (Å²) in [6.07, 6.45) is 1.46. The van der Waals surface area contributed by atoms with E-state index in [9.17, 15) is 4.79 Å². The molecule has 0 atom stereocenters. The second kappa shape index (κ2) is 7.68. The minimum atomic E-state index is -0.0414. The molecule has 2 aromatic rings. The summed E-state index contributed by atoms with van der Waals surface area (Å²) >= 11 is 3.45. The highest BCUT2D eigenvalue weighted by molar-refractivity contribution is 9.10. The highest BCUT2D eigenvalue weighted by atomic mass is 79.9. The third-order valence-electron chi connectivity index (χ3n) is 3.96. The Bertz CT molecular complexity index is 716. The van der Waals surface area contributed by atoms with Crippen molar-refractivity contribution >= 4 is 33.2 Å². The quantitative estimate of drug-likeness (QED) is 0.767. The van der Waals surface area contributed by atoms with Crippen LogP contribution < -0.4 is 15.8 Å². The molecule has 24 heavy (non-hydrogen) atoms. The maximum atomic E-state index is 12.4. The van der Waals surface area contributed by atoms with Gasteiger partial charge in [-0.3, -0.25) is 4.79 Å². The first kappa shape index (κ1) is 16.8. The van der Waals surface area contributed by atoms with Gasteiger partial charge in [-0.1, -0.05) is 18.2 Å². The number of para-hydroxylation sites is 1. The van der Waals surface area contributed by atoms with Crippen molar-refractivity contribution in [1.29, 1.82) is 0 Å². The van der Waals surface area contributed by atoms with Crippen molar-refractivity contribution in [1.82, 2.24) is 0 Å². The first-order valence-electron chi connectivity index (χ1n) is 7.84. The van der Waals surface area contributed by atoms with Crippen molar-refractivity contribution < 1.29 is 14.3 Å². The van der Waals surface area contributed by atoms with Gasteiger partial charge in [-0.05, 0) is 53.0 Å². The molecule has 0 spiro atoms. The molecule has 126 valence electrons. The van der Waals surface area contributed by atoms with Crippen molar-refractivity contribution in [2.75, 3.05) is 24.3 Å². The number of carbonyl (C=O) groups is 1. The van der Waals surface area contributed by atoms with E-state index in [1.165, 1.54) is 0 Å². The number of amides is 1. The number of carbonyl (C=O) groups excluding carboxylic acids is 1. The molecule has 0 aliphatic carbocycles. The number of nitrogen functional groups attached to an aromatic ring is 1. The summed E-state index contributed by atoms with van der Waals surface area (Å²) in [5.74, 6) is 1.10. The number of benzene rings is 2. The second-order valence-corrected chi connectivity index (χ2v) is 6.48. The Hall–Kier alpha value is -2.05. The van der Waals surface area contributed by atoms with E-state index in [-0.39, 0.29) is 11.8 Å². The van der Waals surface area contributed by atoms with Gasteiger partial charge in [0, 0.05) is 19.1 Å². The standard InChI is InChI=1S/C18H19BrN2O3/c19-14-6-7-15(21-18(22)12-8-10-23-11-9-12)16(20)17(14)24-13-4-2-1-3-5-13/h1-7,12H,8-11,20H2,(H,21,22). The largest absolute Gasteiger partial charge is 0.454 e. The maximum absolute atomic E-state index is 12.4. The normalized spacial score (nSPS) is 15.0. The van der Waals surface area contributed by atoms with Gasteiger partial charge >= 0.3 is 0 Å². The number of halogens is 1. The van der Waals surface area contributed by atoms with Gasteiger partial charge in [-0.2, -0.15) is 0 Å². The number of hydrogen-bond donors (Lipinski definition) is 2. The number of nitrogens with two attached hydrogens (primary N) is 1. The fourth-order valence-electron chi connectivity index (χ4n) is 2.59. The number of anilines is 2. The number of nitrogens with one attached hydrogen (secondary N) is 1. The molecule has 0 aromatic heterocycles. The van der Waals surface area contributed by atoms with Crippen molar-refractivity contribution in [2.24, 2.45) is 5.92 Å². The summed E-state index contributed by atoms with van der Waals surface area (Å²) in [7, 11) is 0. The Morgan fingerprint density at radius 1 is 1.17 bits per heavy atom. The molecule has 6 heteroatoms. The zero-order valence-electron chi connectivity index (χ0n) is 13.1. The van der Waals surface area contributed by atoms with Gasteiger partial charge in [0.2, 0.25) is 5.91 Å². The SMILES string of the molecule is Nc1c(NC(=O)C2CCOCC2)ccc(Br)c1Oc1ccccc1. The zero-order valence-corrected chi connectivity index (χ0v) is 14.7. The number of rotatable bonds is 4. The summed E-state index contributed by atoms with van der Waals surface area (Å²) in [5, 5.41) is 2.91. The van der Waals surface area contributed by atoms with E-state index < -0.39 is 0 Å². The topological polar surface area (TPSA) is 73.6 Å². The van der Waals surface area contributed by atoms with Crippen LogP contribution in [0.5, 0.6) is 11.5 Å². The minimum absolute atomic E-state index is 0.0296. The Morgan fingerprint density at radius 3 is 2.58 bits per heavy atom. The van der Waals surface area contributed by atoms with Gasteiger partial charge in [0.25, 0.3) is 0 Å². The number of ether oxygens (including phenoxy) is 2. The summed E-state index contributed by atoms with van der Waals surface area (Å²) in [6.45, 7) is 1.24. The molecule has 5 nitrogen and oxygen atoms in total. The molecular formula is C18H19BrN2O3. The molecule has 1 heterocycles. The van der Waals surface area contributed by atoms with Crippen LogP contribution in [0.3, 0.4) is 0 Å². The van der Waals surface area contributed by atoms with Crippen LogP contribution in [0.2, 0.25) is 0 Å². The molecule has 0 radical (unpaired) electrons. The highest BCUT2D eigenvalue weighted by Gasteiger charge is 2.23. The fraction of sp³-hybridized carbons (Fsp3) is 0.278. The fourth-order valence-corrected chi connectivity index (χ4v) is 3.01. The summed E-state index contributed by atoms with van der Waals surface area (Å²) in [4.78, 5) is 12.4. The van der Waals surface area contributed by atoms with Gasteiger partial charge in [0.15, 0.2) is 5.75 Å². The lowest BCUT2D eigenvalue weighted by Crippen LogP contribution is -2.28. The molecule has 3 rings (SSSR count). The van der Waals surface area contributed by atoms with Gasteiger partial charge in [0.05, 0.1) is 15.8 Å². The predicted molar refractivity (Wildman–Crippen MR) is 97.2 cm³/mol. The molecule has 2 aromatic carbocycles. The first-order chi connectivity index (χ1) is 11.6. The van der Waals surface area contributed by atoms with E-state index in [1.54, 1.807) is 6.07 Å². The zero-order chi connectivity index (χ0) is 16.9. The Labute approximate surface area is 149 Å². The molecule has 0 saturated carbocycles. The average molecular weight is 391 g/mol. The van der Waals surface area contributed by atoms with E-state index in [0.717, 1.165) is 17.3 Å². The predicted octanol–water partition coefficient (Wildman–Crippen LogP) is 4.19. The van der Waals surface area contributed by atoms with E-state index in [4.69, 9.17) is 15.2 Å². The average Bonchev–Trinajstić information content (AvgIpc) is 2.62. The molecular weight excluding hydrogens is 372 g/mol. The smallest absolute Gasteiger partial charge is 0.227 e. The Kier molecular flexibility index (Phi) is 5.37. The molecule has 1 aliphatic heterocycles. The van der Waals surface area contributed by atoms with Crippen LogP contribution >= 0.6 is 15.9 Å². The van der Waals surface area contributed by atoms with Crippen LogP contribution in [0.25, 0.3) is 0 Å². The first-order valence-corrected chi connectivity index (χ1v) is 8.64. The van der Waals surface area contributed by atoms with Gasteiger partial charge < -0.3 is 20.5 Å². The van der Waals surface area contributed by atoms with Crippen LogP contribution in [0.4, 0.5) is 11.4 Å². The maximum Gasteiger partial charge on any atom is 0.227 e. The molecule has 1 fully saturated rings. The molecule has 1 saturated heterocycles. The number of hydrogen-bond acceptors (Lipinski definition) is 4. The van der Waals surface area contributed by atoms with E-state index in [2.05, 4.69) is 21.2 Å². The van der Waals surface area contributed by atoms with Crippen LogP contribution in [0, 0.1) is 5.92 Å². The van der Waals surface area contributed by atoms with Crippen molar-refractivity contribution in [2.45, 2.75) is 12.8 Å². The van der Waals surface area contributed by atoms with Crippen LogP contribution in [-0.2, 0) is 9.53 Å². The summed E-state index contributed by atoms with van der Waals surface area (Å²) in [5.41, 5.74) is 7.17. The molecule has 3 N–H and O–H groups in total. The van der Waals surface area contributed by atoms with Crippen LogP contribution in [-0.4, -0.2) is 19.1 Å². The van der Waals surface area contributed by atoms with Crippen LogP contribution in [0.1, 0.15) is 12.8 Å². The van der Waals surface area contributed by atoms with Crippen molar-refractivity contribution in [3.8, 4) is 11.5 Å². The van der Waals surface area contributed by atoms with E-state index in [1.807, 2.05) is 36.4 Å². The van der Waals surface area contributed by atoms with Gasteiger partial charge in [-0.25, -0.2) is 0 Å². The lowest BCUT2D eigenvalue weighted by molar-refractivity contribution is -0.122. The summed E-state index contributed by atoms with van der Waals surface area (Å²) < 4.78 is 11.9. The van der Waals surface area contributed by atoms with Crippen molar-refractivity contribution in [3.63, 3.8) is 0 Å². The minimum Gasteiger partial charge on any atom is -0.454 e. The molecule has 0 unspecified atom stereocenters. The molecule has 1 aliphatic rings.